The highest BCUT2D eigenvalue weighted by Crippen LogP contribution is 2.37. The summed E-state index contributed by atoms with van der Waals surface area (Å²) in [6.07, 6.45) is 3.98. The van der Waals surface area contributed by atoms with Crippen molar-refractivity contribution in [2.45, 2.75) is 57.8 Å². The van der Waals surface area contributed by atoms with E-state index in [0.717, 1.165) is 18.4 Å². The van der Waals surface area contributed by atoms with Gasteiger partial charge >= 0.3 is 5.97 Å². The Morgan fingerprint density at radius 2 is 2.29 bits per heavy atom. The van der Waals surface area contributed by atoms with Crippen LogP contribution in [0.2, 0.25) is 0 Å². The van der Waals surface area contributed by atoms with Crippen molar-refractivity contribution in [3.05, 3.63) is 24.8 Å². The topological polar surface area (TPSA) is 35.5 Å². The number of carbonyl (C=O) groups excluding carboxylic acids is 1. The predicted molar refractivity (Wildman–Crippen MR) is 67.7 cm³/mol. The Morgan fingerprint density at radius 1 is 1.65 bits per heavy atom. The van der Waals surface area contributed by atoms with Crippen molar-refractivity contribution in [2.24, 2.45) is 0 Å². The lowest BCUT2D eigenvalue weighted by Gasteiger charge is -2.33. The van der Waals surface area contributed by atoms with Crippen molar-refractivity contribution < 1.29 is 14.3 Å². The van der Waals surface area contributed by atoms with Crippen molar-refractivity contribution in [1.29, 1.82) is 0 Å². The van der Waals surface area contributed by atoms with Crippen LogP contribution in [0.1, 0.15) is 40.0 Å². The van der Waals surface area contributed by atoms with E-state index >= 15 is 0 Å². The summed E-state index contributed by atoms with van der Waals surface area (Å²) in [5, 5.41) is 0. The maximum Gasteiger partial charge on any atom is 0.303 e. The molecule has 1 aliphatic rings. The highest BCUT2D eigenvalue weighted by molar-refractivity contribution is 5.66. The zero-order chi connectivity index (χ0) is 13.1. The third-order valence-electron chi connectivity index (χ3n) is 3.23. The molecule has 0 N–H and O–H groups in total. The molecule has 0 aliphatic carbocycles. The number of ether oxygens (including phenoxy) is 2. The predicted octanol–water partition coefficient (Wildman–Crippen LogP) is 3.01. The molecule has 0 spiro atoms. The summed E-state index contributed by atoms with van der Waals surface area (Å²) in [4.78, 5) is 11.1. The van der Waals surface area contributed by atoms with Crippen molar-refractivity contribution in [3.8, 4) is 0 Å². The van der Waals surface area contributed by atoms with Crippen LogP contribution in [0, 0.1) is 0 Å². The summed E-state index contributed by atoms with van der Waals surface area (Å²) in [5.74, 6) is -0.277. The minimum absolute atomic E-state index is 0.0721. The molecule has 1 saturated heterocycles. The van der Waals surface area contributed by atoms with Gasteiger partial charge in [0.1, 0.15) is 11.7 Å². The maximum atomic E-state index is 11.1. The lowest BCUT2D eigenvalue weighted by Crippen LogP contribution is -2.42. The van der Waals surface area contributed by atoms with Crippen LogP contribution < -0.4 is 0 Å². The van der Waals surface area contributed by atoms with Gasteiger partial charge in [-0.1, -0.05) is 18.2 Å². The van der Waals surface area contributed by atoms with E-state index in [1.807, 2.05) is 13.8 Å². The zero-order valence-corrected chi connectivity index (χ0v) is 11.0. The quantitative estimate of drug-likeness (QED) is 0.545. The number of hydrogen-bond donors (Lipinski definition) is 0. The number of esters is 1. The van der Waals surface area contributed by atoms with E-state index in [1.54, 1.807) is 6.08 Å². The van der Waals surface area contributed by atoms with Gasteiger partial charge in [-0.05, 0) is 26.7 Å². The van der Waals surface area contributed by atoms with Crippen molar-refractivity contribution in [3.63, 3.8) is 0 Å². The van der Waals surface area contributed by atoms with Crippen molar-refractivity contribution in [1.82, 2.24) is 0 Å². The van der Waals surface area contributed by atoms with Gasteiger partial charge in [0, 0.05) is 13.3 Å². The molecular weight excluding hydrogens is 216 g/mol. The summed E-state index contributed by atoms with van der Waals surface area (Å²) < 4.78 is 11.3. The van der Waals surface area contributed by atoms with Crippen LogP contribution in [0.4, 0.5) is 0 Å². The summed E-state index contributed by atoms with van der Waals surface area (Å²) in [5.41, 5.74) is 0.595. The lowest BCUT2D eigenvalue weighted by atomic mass is 9.92. The fraction of sp³-hybridized carbons (Fsp3) is 0.643. The van der Waals surface area contributed by atoms with Crippen molar-refractivity contribution in [2.75, 3.05) is 0 Å². The van der Waals surface area contributed by atoms with Crippen LogP contribution in [0.15, 0.2) is 24.8 Å². The molecule has 3 atom stereocenters. The third kappa shape index (κ3) is 3.43. The number of rotatable bonds is 5. The van der Waals surface area contributed by atoms with E-state index < -0.39 is 5.60 Å². The third-order valence-corrected chi connectivity index (χ3v) is 3.23. The first-order valence-electron chi connectivity index (χ1n) is 6.00. The minimum atomic E-state index is -0.427. The monoisotopic (exact) mass is 238 g/mol. The van der Waals surface area contributed by atoms with Gasteiger partial charge in [-0.15, -0.1) is 6.58 Å². The molecule has 1 aliphatic heterocycles. The van der Waals surface area contributed by atoms with E-state index in [1.165, 1.54) is 6.92 Å². The van der Waals surface area contributed by atoms with E-state index in [-0.39, 0.29) is 18.2 Å². The van der Waals surface area contributed by atoms with E-state index in [9.17, 15) is 4.79 Å². The van der Waals surface area contributed by atoms with E-state index in [4.69, 9.17) is 9.47 Å². The van der Waals surface area contributed by atoms with E-state index in [0.29, 0.717) is 6.42 Å². The largest absolute Gasteiger partial charge is 0.459 e. The van der Waals surface area contributed by atoms with Gasteiger partial charge in [0.15, 0.2) is 0 Å². The van der Waals surface area contributed by atoms with Crippen molar-refractivity contribution >= 4 is 5.97 Å². The molecule has 1 heterocycles. The van der Waals surface area contributed by atoms with Gasteiger partial charge in [0.25, 0.3) is 0 Å². The molecule has 96 valence electrons. The molecule has 17 heavy (non-hydrogen) atoms. The maximum absolute atomic E-state index is 11.1. The van der Waals surface area contributed by atoms with Gasteiger partial charge < -0.3 is 9.47 Å². The first-order chi connectivity index (χ1) is 7.89. The fourth-order valence-electron chi connectivity index (χ4n) is 2.22. The molecule has 0 aromatic carbocycles. The van der Waals surface area contributed by atoms with E-state index in [2.05, 4.69) is 13.2 Å². The highest BCUT2D eigenvalue weighted by Gasteiger charge is 2.44. The molecule has 0 saturated carbocycles. The Labute approximate surface area is 103 Å². The molecule has 1 fully saturated rings. The summed E-state index contributed by atoms with van der Waals surface area (Å²) in [6.45, 7) is 13.0. The van der Waals surface area contributed by atoms with Crippen LogP contribution in [-0.4, -0.2) is 23.8 Å². The Kier molecular flexibility index (Phi) is 4.52. The van der Waals surface area contributed by atoms with Gasteiger partial charge in [0.2, 0.25) is 0 Å². The number of hydrogen-bond acceptors (Lipinski definition) is 3. The first kappa shape index (κ1) is 14.0. The first-order valence-corrected chi connectivity index (χ1v) is 6.00. The Bertz CT molecular complexity index is 321. The molecule has 0 aromatic rings. The number of carbonyl (C=O) groups is 1. The van der Waals surface area contributed by atoms with Crippen LogP contribution in [0.25, 0.3) is 0 Å². The molecule has 3 heteroatoms. The molecule has 0 radical (unpaired) electrons. The average molecular weight is 238 g/mol. The summed E-state index contributed by atoms with van der Waals surface area (Å²) in [7, 11) is 0. The smallest absolute Gasteiger partial charge is 0.303 e. The Hall–Kier alpha value is -1.09. The summed E-state index contributed by atoms with van der Waals surface area (Å²) >= 11 is 0. The molecular formula is C14H22O3. The normalized spacial score (nSPS) is 29.7. The minimum Gasteiger partial charge on any atom is -0.459 e. The molecule has 0 aromatic heterocycles. The second-order valence-electron chi connectivity index (χ2n) is 4.93. The molecule has 3 nitrogen and oxygen atoms in total. The van der Waals surface area contributed by atoms with Gasteiger partial charge in [-0.2, -0.15) is 0 Å². The van der Waals surface area contributed by atoms with Gasteiger partial charge in [0.05, 0.1) is 6.10 Å². The van der Waals surface area contributed by atoms with Crippen LogP contribution >= 0.6 is 0 Å². The van der Waals surface area contributed by atoms with Crippen LogP contribution in [0.3, 0.4) is 0 Å². The van der Waals surface area contributed by atoms with Crippen LogP contribution in [-0.2, 0) is 14.3 Å². The molecule has 1 rings (SSSR count). The second-order valence-corrected chi connectivity index (χ2v) is 4.93. The Morgan fingerprint density at radius 3 is 2.71 bits per heavy atom. The second kappa shape index (κ2) is 5.50. The Balaban J connectivity index is 2.75. The fourth-order valence-corrected chi connectivity index (χ4v) is 2.22. The summed E-state index contributed by atoms with van der Waals surface area (Å²) in [6, 6.07) is 0. The van der Waals surface area contributed by atoms with Gasteiger partial charge in [-0.25, -0.2) is 0 Å². The zero-order valence-electron chi connectivity index (χ0n) is 11.0. The lowest BCUT2D eigenvalue weighted by molar-refractivity contribution is -0.165. The molecule has 0 amide bonds. The van der Waals surface area contributed by atoms with Gasteiger partial charge in [-0.3, -0.25) is 4.79 Å². The standard InChI is InChI=1S/C14H22O3/c1-6-7-13(16-11(4)15)14(5)9-8-12(17-14)10(2)3/h6,12-13H,1-2,7-9H2,3-5H3/t12-,13+,14+/m0/s1. The average Bonchev–Trinajstić information content (AvgIpc) is 2.61. The SMILES string of the molecule is C=CC[C@@H](OC(C)=O)[C@@]1(C)CC[C@@H](C(=C)C)O1. The highest BCUT2D eigenvalue weighted by atomic mass is 16.6. The molecule has 0 bridgehead atoms. The molecule has 0 unspecified atom stereocenters. The van der Waals surface area contributed by atoms with Crippen LogP contribution in [0.5, 0.6) is 0 Å².